The van der Waals surface area contributed by atoms with Gasteiger partial charge in [-0.1, -0.05) is 58.5 Å². The van der Waals surface area contributed by atoms with Crippen LogP contribution in [0.3, 0.4) is 0 Å². The molecule has 5 nitrogen and oxygen atoms in total. The zero-order chi connectivity index (χ0) is 19.9. The predicted molar refractivity (Wildman–Crippen MR) is 102 cm³/mol. The smallest absolute Gasteiger partial charge is 0.373 e. The van der Waals surface area contributed by atoms with Crippen LogP contribution in [0.5, 0.6) is 0 Å². The third-order valence-electron chi connectivity index (χ3n) is 3.31. The molecule has 1 atom stereocenters. The molecule has 0 aliphatic heterocycles. The fourth-order valence-electron chi connectivity index (χ4n) is 2.18. The van der Waals surface area contributed by atoms with Gasteiger partial charge in [0.05, 0.1) is 38.6 Å². The molecule has 2 aromatic carbocycles. The first-order chi connectivity index (χ1) is 12.3. The SMILES string of the molecule is COC(=O)C(C)N(c1cccc(Cl)c1Cl)c1cccc(Cl)c1Cl.O=C=O. The summed E-state index contributed by atoms with van der Waals surface area (Å²) in [7, 11) is 1.32. The van der Waals surface area contributed by atoms with Crippen LogP contribution in [-0.2, 0) is 19.1 Å². The average molecular weight is 437 g/mol. The molecule has 0 N–H and O–H groups in total. The van der Waals surface area contributed by atoms with E-state index in [1.54, 1.807) is 48.2 Å². The van der Waals surface area contributed by atoms with Crippen molar-refractivity contribution in [2.45, 2.75) is 13.0 Å². The number of methoxy groups -OCH3 is 1. The van der Waals surface area contributed by atoms with Crippen LogP contribution >= 0.6 is 46.4 Å². The van der Waals surface area contributed by atoms with E-state index in [0.29, 0.717) is 31.5 Å². The lowest BCUT2D eigenvalue weighted by atomic mass is 10.1. The van der Waals surface area contributed by atoms with Gasteiger partial charge in [-0.3, -0.25) is 0 Å². The van der Waals surface area contributed by atoms with Crippen LogP contribution in [0.25, 0.3) is 0 Å². The number of carbonyl (C=O) groups excluding carboxylic acids is 3. The normalized spacial score (nSPS) is 10.8. The maximum absolute atomic E-state index is 12.1. The average Bonchev–Trinajstić information content (AvgIpc) is 2.62. The third-order valence-corrected chi connectivity index (χ3v) is 4.93. The Bertz CT molecular complexity index is 771. The van der Waals surface area contributed by atoms with Gasteiger partial charge in [-0.2, -0.15) is 9.59 Å². The fraction of sp³-hybridized carbons (Fsp3) is 0.176. The molecule has 0 amide bonds. The molecule has 0 fully saturated rings. The molecular weight excluding hydrogens is 424 g/mol. The first kappa shape index (κ1) is 22.3. The minimum absolute atomic E-state index is 0.250. The Morgan fingerprint density at radius 2 is 1.35 bits per heavy atom. The number of hydrogen-bond acceptors (Lipinski definition) is 5. The molecule has 2 aromatic rings. The van der Waals surface area contributed by atoms with E-state index < -0.39 is 12.0 Å². The Hall–Kier alpha value is -1.75. The number of hydrogen-bond donors (Lipinski definition) is 0. The minimum Gasteiger partial charge on any atom is -0.467 e. The van der Waals surface area contributed by atoms with Crippen LogP contribution in [0.2, 0.25) is 20.1 Å². The van der Waals surface area contributed by atoms with Crippen molar-refractivity contribution in [1.29, 1.82) is 0 Å². The maximum Gasteiger partial charge on any atom is 0.373 e. The van der Waals surface area contributed by atoms with E-state index in [1.165, 1.54) is 7.11 Å². The van der Waals surface area contributed by atoms with Gasteiger partial charge in [-0.15, -0.1) is 0 Å². The molecule has 0 aliphatic rings. The molecule has 0 spiro atoms. The molecule has 0 saturated heterocycles. The summed E-state index contributed by atoms with van der Waals surface area (Å²) in [4.78, 5) is 30.0. The van der Waals surface area contributed by atoms with Crippen molar-refractivity contribution in [1.82, 2.24) is 0 Å². The van der Waals surface area contributed by atoms with E-state index in [0.717, 1.165) is 0 Å². The summed E-state index contributed by atoms with van der Waals surface area (Å²) in [5, 5.41) is 1.34. The van der Waals surface area contributed by atoms with Crippen LogP contribution in [0, 0.1) is 0 Å². The second kappa shape index (κ2) is 10.4. The van der Waals surface area contributed by atoms with E-state index in [9.17, 15) is 4.79 Å². The first-order valence-electron chi connectivity index (χ1n) is 7.04. The van der Waals surface area contributed by atoms with Crippen molar-refractivity contribution in [3.05, 3.63) is 56.5 Å². The molecule has 0 heterocycles. The van der Waals surface area contributed by atoms with E-state index in [1.807, 2.05) is 0 Å². The number of rotatable bonds is 4. The topological polar surface area (TPSA) is 63.7 Å². The summed E-state index contributed by atoms with van der Waals surface area (Å²) in [5.74, 6) is -0.447. The second-order valence-electron chi connectivity index (χ2n) is 4.80. The van der Waals surface area contributed by atoms with E-state index in [2.05, 4.69) is 0 Å². The highest BCUT2D eigenvalue weighted by Crippen LogP contribution is 2.42. The van der Waals surface area contributed by atoms with Gasteiger partial charge < -0.3 is 9.64 Å². The zero-order valence-electron chi connectivity index (χ0n) is 13.6. The number of carbonyl (C=O) groups is 1. The lowest BCUT2D eigenvalue weighted by Gasteiger charge is -2.31. The summed E-state index contributed by atoms with van der Waals surface area (Å²) in [6.45, 7) is 1.68. The van der Waals surface area contributed by atoms with Gasteiger partial charge in [0.2, 0.25) is 0 Å². The number of ether oxygens (including phenoxy) is 1. The Balaban J connectivity index is 0.00000105. The number of halogens is 4. The Kier molecular flexibility index (Phi) is 8.93. The Labute approximate surface area is 170 Å². The first-order valence-corrected chi connectivity index (χ1v) is 8.55. The van der Waals surface area contributed by atoms with Crippen LogP contribution in [0.4, 0.5) is 11.4 Å². The summed E-state index contributed by atoms with van der Waals surface area (Å²) >= 11 is 24.8. The van der Waals surface area contributed by atoms with Gasteiger partial charge in [0.25, 0.3) is 0 Å². The summed E-state index contributed by atoms with van der Waals surface area (Å²) in [6.07, 6.45) is 0.250. The van der Waals surface area contributed by atoms with Gasteiger partial charge in [0.1, 0.15) is 6.04 Å². The molecule has 0 saturated carbocycles. The third kappa shape index (κ3) is 5.13. The van der Waals surface area contributed by atoms with E-state index >= 15 is 0 Å². The van der Waals surface area contributed by atoms with E-state index in [-0.39, 0.29) is 6.15 Å². The largest absolute Gasteiger partial charge is 0.467 e. The zero-order valence-corrected chi connectivity index (χ0v) is 16.7. The molecule has 0 aromatic heterocycles. The number of esters is 1. The molecule has 26 heavy (non-hydrogen) atoms. The van der Waals surface area contributed by atoms with Crippen LogP contribution in [0.15, 0.2) is 36.4 Å². The Morgan fingerprint density at radius 3 is 1.69 bits per heavy atom. The molecule has 0 aliphatic carbocycles. The van der Waals surface area contributed by atoms with Crippen molar-refractivity contribution in [3.8, 4) is 0 Å². The van der Waals surface area contributed by atoms with Gasteiger partial charge in [-0.25, -0.2) is 4.79 Å². The number of anilines is 2. The fourth-order valence-corrected chi connectivity index (χ4v) is 2.95. The van der Waals surface area contributed by atoms with Gasteiger partial charge >= 0.3 is 12.1 Å². The van der Waals surface area contributed by atoms with Crippen LogP contribution in [0.1, 0.15) is 6.92 Å². The second-order valence-corrected chi connectivity index (χ2v) is 6.37. The van der Waals surface area contributed by atoms with E-state index in [4.69, 9.17) is 60.7 Å². The molecule has 9 heteroatoms. The highest BCUT2D eigenvalue weighted by molar-refractivity contribution is 6.45. The summed E-state index contributed by atoms with van der Waals surface area (Å²) in [5.41, 5.74) is 1.06. The lowest BCUT2D eigenvalue weighted by molar-refractivity contribution is -0.191. The Morgan fingerprint density at radius 1 is 0.962 bits per heavy atom. The van der Waals surface area contributed by atoms with Crippen molar-refractivity contribution < 1.29 is 19.1 Å². The quantitative estimate of drug-likeness (QED) is 0.599. The monoisotopic (exact) mass is 435 g/mol. The minimum atomic E-state index is -0.688. The van der Waals surface area contributed by atoms with Crippen molar-refractivity contribution in [3.63, 3.8) is 0 Å². The number of nitrogens with zero attached hydrogens (tertiary/aromatic N) is 1. The molecular formula is C17H13Cl4NO4. The molecule has 2 rings (SSSR count). The number of benzene rings is 2. The van der Waals surface area contributed by atoms with Crippen molar-refractivity contribution in [2.24, 2.45) is 0 Å². The highest BCUT2D eigenvalue weighted by atomic mass is 35.5. The van der Waals surface area contributed by atoms with Gasteiger partial charge in [-0.05, 0) is 31.2 Å². The van der Waals surface area contributed by atoms with Crippen molar-refractivity contribution in [2.75, 3.05) is 12.0 Å². The maximum atomic E-state index is 12.1. The summed E-state index contributed by atoms with van der Waals surface area (Å²) < 4.78 is 4.84. The lowest BCUT2D eigenvalue weighted by Crippen LogP contribution is -2.36. The molecule has 138 valence electrons. The standard InChI is InChI=1S/C16H13Cl4NO2.CO2/c1-9(16(22)23-2)21(12-7-3-5-10(17)14(12)19)13-8-4-6-11(18)15(13)20;2-1-3/h3-9H,1-2H3;. The molecule has 0 bridgehead atoms. The van der Waals surface area contributed by atoms with Crippen LogP contribution in [-0.4, -0.2) is 25.3 Å². The molecule has 1 unspecified atom stereocenters. The predicted octanol–water partition coefficient (Wildman–Crippen LogP) is 5.42. The van der Waals surface area contributed by atoms with Crippen LogP contribution < -0.4 is 4.90 Å². The van der Waals surface area contributed by atoms with Gasteiger partial charge in [0.15, 0.2) is 0 Å². The highest BCUT2D eigenvalue weighted by Gasteiger charge is 2.28. The summed E-state index contributed by atoms with van der Waals surface area (Å²) in [6, 6.07) is 9.59. The van der Waals surface area contributed by atoms with Crippen molar-refractivity contribution >= 4 is 69.9 Å². The van der Waals surface area contributed by atoms with Gasteiger partial charge in [0, 0.05) is 0 Å². The molecule has 0 radical (unpaired) electrons.